The number of terminal acetylenes is 1. The lowest BCUT2D eigenvalue weighted by Crippen LogP contribution is -2.33. The maximum absolute atomic E-state index is 12.3. The molecule has 1 saturated carbocycles. The van der Waals surface area contributed by atoms with E-state index in [1.165, 1.54) is 28.6 Å². The molecule has 0 atom stereocenters. The van der Waals surface area contributed by atoms with Crippen molar-refractivity contribution >= 4 is 10.0 Å². The van der Waals surface area contributed by atoms with Gasteiger partial charge in [0.25, 0.3) is 0 Å². The molecule has 0 bridgehead atoms. The van der Waals surface area contributed by atoms with Crippen molar-refractivity contribution in [2.45, 2.75) is 17.7 Å². The Balaban J connectivity index is 2.26. The third-order valence-electron chi connectivity index (χ3n) is 2.90. The van der Waals surface area contributed by atoms with Crippen LogP contribution in [0.4, 0.5) is 0 Å². The standard InChI is InChI=1S/C13H15NO3S/c1-2-9-14(10-11-3-4-11)18(16,17)13-7-5-12(15)6-8-13/h1,5-8,11,15H,3-4,9-10H2. The van der Waals surface area contributed by atoms with Crippen LogP contribution < -0.4 is 0 Å². The van der Waals surface area contributed by atoms with Gasteiger partial charge < -0.3 is 5.11 Å². The molecule has 0 heterocycles. The van der Waals surface area contributed by atoms with Crippen LogP contribution in [0.25, 0.3) is 0 Å². The van der Waals surface area contributed by atoms with Crippen LogP contribution in [-0.4, -0.2) is 30.9 Å². The fraction of sp³-hybridized carbons (Fsp3) is 0.385. The average molecular weight is 265 g/mol. The first-order valence-corrected chi connectivity index (χ1v) is 7.20. The summed E-state index contributed by atoms with van der Waals surface area (Å²) in [5.41, 5.74) is 0. The highest BCUT2D eigenvalue weighted by atomic mass is 32.2. The van der Waals surface area contributed by atoms with Crippen LogP contribution in [0.5, 0.6) is 5.75 Å². The molecule has 0 aliphatic heterocycles. The zero-order valence-electron chi connectivity index (χ0n) is 9.91. The van der Waals surface area contributed by atoms with Crippen LogP contribution >= 0.6 is 0 Å². The molecule has 0 amide bonds. The molecule has 1 aromatic carbocycles. The number of hydrogen-bond donors (Lipinski definition) is 1. The van der Waals surface area contributed by atoms with Gasteiger partial charge in [-0.25, -0.2) is 8.42 Å². The Hall–Kier alpha value is -1.51. The van der Waals surface area contributed by atoms with Crippen LogP contribution in [0, 0.1) is 18.3 Å². The Labute approximate surface area is 107 Å². The second-order valence-corrected chi connectivity index (χ2v) is 6.38. The molecule has 0 spiro atoms. The lowest BCUT2D eigenvalue weighted by Gasteiger charge is -2.19. The van der Waals surface area contributed by atoms with Gasteiger partial charge in [-0.1, -0.05) is 5.92 Å². The van der Waals surface area contributed by atoms with Crippen LogP contribution in [0.1, 0.15) is 12.8 Å². The summed E-state index contributed by atoms with van der Waals surface area (Å²) in [7, 11) is -3.56. The Morgan fingerprint density at radius 1 is 1.33 bits per heavy atom. The predicted molar refractivity (Wildman–Crippen MR) is 68.4 cm³/mol. The fourth-order valence-corrected chi connectivity index (χ4v) is 3.13. The Morgan fingerprint density at radius 3 is 2.44 bits per heavy atom. The van der Waals surface area contributed by atoms with Gasteiger partial charge in [-0.15, -0.1) is 6.42 Å². The van der Waals surface area contributed by atoms with Crippen LogP contribution in [0.2, 0.25) is 0 Å². The SMILES string of the molecule is C#CCN(CC1CC1)S(=O)(=O)c1ccc(O)cc1. The van der Waals surface area contributed by atoms with Gasteiger partial charge in [0.15, 0.2) is 0 Å². The van der Waals surface area contributed by atoms with E-state index in [1.807, 2.05) is 0 Å². The molecule has 5 heteroatoms. The number of hydrogen-bond acceptors (Lipinski definition) is 3. The summed E-state index contributed by atoms with van der Waals surface area (Å²) in [6, 6.07) is 5.50. The summed E-state index contributed by atoms with van der Waals surface area (Å²) in [5.74, 6) is 2.86. The molecule has 0 saturated heterocycles. The van der Waals surface area contributed by atoms with Gasteiger partial charge in [-0.05, 0) is 43.0 Å². The van der Waals surface area contributed by atoms with Gasteiger partial charge in [-0.2, -0.15) is 4.31 Å². The van der Waals surface area contributed by atoms with Crippen LogP contribution in [0.3, 0.4) is 0 Å². The topological polar surface area (TPSA) is 57.6 Å². The minimum atomic E-state index is -3.56. The van der Waals surface area contributed by atoms with E-state index in [4.69, 9.17) is 6.42 Å². The van der Waals surface area contributed by atoms with Crippen molar-refractivity contribution in [2.24, 2.45) is 5.92 Å². The minimum Gasteiger partial charge on any atom is -0.508 e. The lowest BCUT2D eigenvalue weighted by molar-refractivity contribution is 0.430. The molecule has 1 aliphatic carbocycles. The third kappa shape index (κ3) is 2.84. The molecule has 2 rings (SSSR count). The van der Waals surface area contributed by atoms with Crippen molar-refractivity contribution in [1.29, 1.82) is 0 Å². The quantitative estimate of drug-likeness (QED) is 0.819. The van der Waals surface area contributed by atoms with E-state index in [9.17, 15) is 13.5 Å². The predicted octanol–water partition coefficient (Wildman–Crippen LogP) is 1.43. The number of phenols is 1. The minimum absolute atomic E-state index is 0.0413. The molecule has 1 aromatic rings. The van der Waals surface area contributed by atoms with Crippen molar-refractivity contribution in [1.82, 2.24) is 4.31 Å². The normalized spacial score (nSPS) is 15.6. The summed E-state index contributed by atoms with van der Waals surface area (Å²) >= 11 is 0. The summed E-state index contributed by atoms with van der Waals surface area (Å²) < 4.78 is 26.0. The number of phenolic OH excluding ortho intramolecular Hbond substituents is 1. The lowest BCUT2D eigenvalue weighted by atomic mass is 10.3. The first-order chi connectivity index (χ1) is 8.54. The van der Waals surface area contributed by atoms with Gasteiger partial charge >= 0.3 is 0 Å². The van der Waals surface area contributed by atoms with Crippen molar-refractivity contribution in [3.8, 4) is 18.1 Å². The number of rotatable bonds is 5. The van der Waals surface area contributed by atoms with Gasteiger partial charge in [0.2, 0.25) is 10.0 Å². The third-order valence-corrected chi connectivity index (χ3v) is 4.73. The zero-order valence-corrected chi connectivity index (χ0v) is 10.7. The van der Waals surface area contributed by atoms with Crippen LogP contribution in [0.15, 0.2) is 29.2 Å². The van der Waals surface area contributed by atoms with E-state index < -0.39 is 10.0 Å². The largest absolute Gasteiger partial charge is 0.508 e. The van der Waals surface area contributed by atoms with E-state index in [0.29, 0.717) is 12.5 Å². The summed E-state index contributed by atoms with van der Waals surface area (Å²) in [6.07, 6.45) is 7.35. The van der Waals surface area contributed by atoms with Crippen molar-refractivity contribution in [3.05, 3.63) is 24.3 Å². The molecule has 0 unspecified atom stereocenters. The number of sulfonamides is 1. The van der Waals surface area contributed by atoms with E-state index >= 15 is 0 Å². The smallest absolute Gasteiger partial charge is 0.243 e. The van der Waals surface area contributed by atoms with Crippen molar-refractivity contribution < 1.29 is 13.5 Å². The van der Waals surface area contributed by atoms with E-state index in [1.54, 1.807) is 0 Å². The fourth-order valence-electron chi connectivity index (χ4n) is 1.71. The average Bonchev–Trinajstić information content (AvgIpc) is 3.13. The molecule has 0 radical (unpaired) electrons. The molecular formula is C13H15NO3S. The highest BCUT2D eigenvalue weighted by Gasteiger charge is 2.31. The molecule has 96 valence electrons. The Bertz CT molecular complexity index is 553. The summed E-state index contributed by atoms with van der Waals surface area (Å²) in [6.45, 7) is 0.563. The van der Waals surface area contributed by atoms with Gasteiger partial charge in [0.05, 0.1) is 11.4 Å². The number of benzene rings is 1. The summed E-state index contributed by atoms with van der Waals surface area (Å²) in [4.78, 5) is 0.163. The Morgan fingerprint density at radius 2 is 1.94 bits per heavy atom. The molecule has 1 aliphatic rings. The van der Waals surface area contributed by atoms with Crippen LogP contribution in [-0.2, 0) is 10.0 Å². The van der Waals surface area contributed by atoms with Crippen molar-refractivity contribution in [3.63, 3.8) is 0 Å². The zero-order chi connectivity index (χ0) is 13.2. The van der Waals surface area contributed by atoms with Crippen molar-refractivity contribution in [2.75, 3.05) is 13.1 Å². The molecule has 1 fully saturated rings. The highest BCUT2D eigenvalue weighted by Crippen LogP contribution is 2.31. The molecule has 0 aromatic heterocycles. The van der Waals surface area contributed by atoms with Gasteiger partial charge in [0.1, 0.15) is 5.75 Å². The monoisotopic (exact) mass is 265 g/mol. The van der Waals surface area contributed by atoms with E-state index in [-0.39, 0.29) is 17.2 Å². The van der Waals surface area contributed by atoms with E-state index in [2.05, 4.69) is 5.92 Å². The molecular weight excluding hydrogens is 250 g/mol. The summed E-state index contributed by atoms with van der Waals surface area (Å²) in [5, 5.41) is 9.18. The van der Waals surface area contributed by atoms with Gasteiger partial charge in [0, 0.05) is 6.54 Å². The molecule has 18 heavy (non-hydrogen) atoms. The first-order valence-electron chi connectivity index (χ1n) is 5.76. The first kappa shape index (κ1) is 12.9. The second kappa shape index (κ2) is 5.01. The number of nitrogens with zero attached hydrogens (tertiary/aromatic N) is 1. The maximum Gasteiger partial charge on any atom is 0.243 e. The van der Waals surface area contributed by atoms with Gasteiger partial charge in [-0.3, -0.25) is 0 Å². The van der Waals surface area contributed by atoms with E-state index in [0.717, 1.165) is 12.8 Å². The second-order valence-electron chi connectivity index (χ2n) is 4.44. The number of aromatic hydroxyl groups is 1. The maximum atomic E-state index is 12.3. The highest BCUT2D eigenvalue weighted by molar-refractivity contribution is 7.89. The molecule has 1 N–H and O–H groups in total. The molecule has 4 nitrogen and oxygen atoms in total. The Kier molecular flexibility index (Phi) is 3.60.